The van der Waals surface area contributed by atoms with Gasteiger partial charge in [0, 0.05) is 5.69 Å². The van der Waals surface area contributed by atoms with Crippen LogP contribution >= 0.6 is 0 Å². The van der Waals surface area contributed by atoms with Crippen LogP contribution in [0, 0.1) is 36.5 Å². The molecule has 4 aliphatic rings. The predicted molar refractivity (Wildman–Crippen MR) is 95.9 cm³/mol. The summed E-state index contributed by atoms with van der Waals surface area (Å²) in [4.78, 5) is 25.1. The van der Waals surface area contributed by atoms with Crippen molar-refractivity contribution in [3.8, 4) is 0 Å². The summed E-state index contributed by atoms with van der Waals surface area (Å²) in [5.74, 6) is 2.22. The maximum atomic E-state index is 12.7. The molecule has 4 aliphatic carbocycles. The Bertz CT molecular complexity index is 638. The molecule has 1 aromatic rings. The highest BCUT2D eigenvalue weighted by molar-refractivity contribution is 5.95. The zero-order valence-electron chi connectivity index (χ0n) is 15.0. The van der Waals surface area contributed by atoms with Crippen LogP contribution in [0.3, 0.4) is 0 Å². The number of anilines is 1. The molecule has 1 aromatic carbocycles. The summed E-state index contributed by atoms with van der Waals surface area (Å²) < 4.78 is 5.58. The molecule has 4 fully saturated rings. The van der Waals surface area contributed by atoms with E-state index in [9.17, 15) is 9.59 Å². The third kappa shape index (κ3) is 3.31. The van der Waals surface area contributed by atoms with Crippen molar-refractivity contribution >= 4 is 17.6 Å². The van der Waals surface area contributed by atoms with E-state index in [4.69, 9.17) is 4.74 Å². The van der Waals surface area contributed by atoms with Crippen LogP contribution in [0.4, 0.5) is 5.69 Å². The van der Waals surface area contributed by atoms with Crippen molar-refractivity contribution in [1.82, 2.24) is 0 Å². The molecular formula is C21H27NO3. The molecule has 0 aromatic heterocycles. The topological polar surface area (TPSA) is 55.4 Å². The Kier molecular flexibility index (Phi) is 4.30. The highest BCUT2D eigenvalue weighted by Gasteiger charge is 2.51. The van der Waals surface area contributed by atoms with Crippen LogP contribution in [0.2, 0.25) is 0 Å². The molecule has 4 heteroatoms. The molecule has 1 amide bonds. The number of ether oxygens (including phenoxy) is 1. The van der Waals surface area contributed by atoms with E-state index < -0.39 is 6.10 Å². The lowest BCUT2D eigenvalue weighted by molar-refractivity contribution is -0.169. The van der Waals surface area contributed by atoms with Crippen molar-refractivity contribution in [3.63, 3.8) is 0 Å². The average Bonchev–Trinajstić information content (AvgIpc) is 2.55. The molecular weight excluding hydrogens is 314 g/mol. The second-order valence-electron chi connectivity index (χ2n) is 8.39. The van der Waals surface area contributed by atoms with Gasteiger partial charge in [0.2, 0.25) is 0 Å². The molecule has 0 unspecified atom stereocenters. The first-order chi connectivity index (χ1) is 12.0. The number of benzene rings is 1. The van der Waals surface area contributed by atoms with Gasteiger partial charge in [-0.1, -0.05) is 17.7 Å². The van der Waals surface area contributed by atoms with E-state index in [1.807, 2.05) is 31.2 Å². The molecule has 0 heterocycles. The van der Waals surface area contributed by atoms with Gasteiger partial charge in [0.15, 0.2) is 6.10 Å². The second kappa shape index (κ2) is 6.47. The first-order valence-corrected chi connectivity index (χ1v) is 9.57. The minimum absolute atomic E-state index is 0.0161. The van der Waals surface area contributed by atoms with Crippen LogP contribution in [0.1, 0.15) is 44.6 Å². The van der Waals surface area contributed by atoms with Gasteiger partial charge < -0.3 is 10.1 Å². The average molecular weight is 341 g/mol. The van der Waals surface area contributed by atoms with Gasteiger partial charge in [-0.3, -0.25) is 9.59 Å². The molecule has 4 saturated carbocycles. The van der Waals surface area contributed by atoms with Gasteiger partial charge in [0.25, 0.3) is 5.91 Å². The molecule has 0 aliphatic heterocycles. The number of nitrogens with one attached hydrogen (secondary N) is 1. The molecule has 134 valence electrons. The fraction of sp³-hybridized carbons (Fsp3) is 0.619. The van der Waals surface area contributed by atoms with Crippen LogP contribution in [0.15, 0.2) is 24.3 Å². The number of carbonyl (C=O) groups is 2. The molecule has 25 heavy (non-hydrogen) atoms. The van der Waals surface area contributed by atoms with Gasteiger partial charge >= 0.3 is 5.97 Å². The molecule has 5 rings (SSSR count). The van der Waals surface area contributed by atoms with Crippen molar-refractivity contribution in [2.45, 2.75) is 52.1 Å². The fourth-order valence-electron chi connectivity index (χ4n) is 5.50. The van der Waals surface area contributed by atoms with Gasteiger partial charge in [0.1, 0.15) is 0 Å². The first-order valence-electron chi connectivity index (χ1n) is 9.57. The number of amides is 1. The molecule has 4 bridgehead atoms. The summed E-state index contributed by atoms with van der Waals surface area (Å²) in [6.45, 7) is 3.67. The standard InChI is InChI=1S/C21H27NO3/c1-12-3-5-18(6-4-12)22-20(23)13(2)25-21(24)19-16-8-14-7-15(10-16)11-17(19)9-14/h3-6,13-17,19H,7-11H2,1-2H3,(H,22,23)/t13-,14?,15?,16?,17?,19?/m0/s1. The fourth-order valence-corrected chi connectivity index (χ4v) is 5.50. The Hall–Kier alpha value is -1.84. The number of hydrogen-bond acceptors (Lipinski definition) is 3. The molecule has 1 N–H and O–H groups in total. The Morgan fingerprint density at radius 3 is 2.12 bits per heavy atom. The number of carbonyl (C=O) groups excluding carboxylic acids is 2. The smallest absolute Gasteiger partial charge is 0.310 e. The van der Waals surface area contributed by atoms with E-state index in [0.717, 1.165) is 23.1 Å². The lowest BCUT2D eigenvalue weighted by Gasteiger charge is -2.53. The van der Waals surface area contributed by atoms with Crippen molar-refractivity contribution in [2.75, 3.05) is 5.32 Å². The highest BCUT2D eigenvalue weighted by Crippen LogP contribution is 2.56. The van der Waals surface area contributed by atoms with Gasteiger partial charge in [-0.05, 0) is 81.8 Å². The SMILES string of the molecule is Cc1ccc(NC(=O)[C@H](C)OC(=O)C2C3CC4CC(C3)CC2C4)cc1. The van der Waals surface area contributed by atoms with Crippen molar-refractivity contribution in [1.29, 1.82) is 0 Å². The zero-order chi connectivity index (χ0) is 17.6. The molecule has 1 atom stereocenters. The quantitative estimate of drug-likeness (QED) is 0.844. The van der Waals surface area contributed by atoms with Crippen molar-refractivity contribution in [3.05, 3.63) is 29.8 Å². The largest absolute Gasteiger partial charge is 0.452 e. The summed E-state index contributed by atoms with van der Waals surface area (Å²) in [6.07, 6.45) is 5.32. The lowest BCUT2D eigenvalue weighted by atomic mass is 9.52. The van der Waals surface area contributed by atoms with Crippen LogP contribution < -0.4 is 5.32 Å². The van der Waals surface area contributed by atoms with Crippen LogP contribution in [0.5, 0.6) is 0 Å². The molecule has 4 nitrogen and oxygen atoms in total. The molecule has 0 spiro atoms. The Morgan fingerprint density at radius 1 is 1.00 bits per heavy atom. The minimum atomic E-state index is -0.758. The molecule has 0 saturated heterocycles. The van der Waals surface area contributed by atoms with Crippen LogP contribution in [-0.2, 0) is 14.3 Å². The van der Waals surface area contributed by atoms with Crippen molar-refractivity contribution < 1.29 is 14.3 Å². The van der Waals surface area contributed by atoms with Crippen molar-refractivity contribution in [2.24, 2.45) is 29.6 Å². The van der Waals surface area contributed by atoms with E-state index in [-0.39, 0.29) is 17.8 Å². The van der Waals surface area contributed by atoms with E-state index in [2.05, 4.69) is 5.32 Å². The monoisotopic (exact) mass is 341 g/mol. The third-order valence-electron chi connectivity index (χ3n) is 6.48. The number of aryl methyl sites for hydroxylation is 1. The van der Waals surface area contributed by atoms with Crippen LogP contribution in [0.25, 0.3) is 0 Å². The minimum Gasteiger partial charge on any atom is -0.452 e. The molecule has 0 radical (unpaired) electrons. The summed E-state index contributed by atoms with van der Waals surface area (Å²) in [6, 6.07) is 7.61. The van der Waals surface area contributed by atoms with E-state index in [1.54, 1.807) is 6.92 Å². The summed E-state index contributed by atoms with van der Waals surface area (Å²) in [7, 11) is 0. The lowest BCUT2D eigenvalue weighted by Crippen LogP contribution is -2.49. The predicted octanol–water partition coefficient (Wildman–Crippen LogP) is 3.94. The maximum absolute atomic E-state index is 12.7. The maximum Gasteiger partial charge on any atom is 0.310 e. The van der Waals surface area contributed by atoms with Gasteiger partial charge in [-0.2, -0.15) is 0 Å². The van der Waals surface area contributed by atoms with Gasteiger partial charge in [-0.25, -0.2) is 0 Å². The van der Waals surface area contributed by atoms with Gasteiger partial charge in [0.05, 0.1) is 5.92 Å². The van der Waals surface area contributed by atoms with Crippen LogP contribution in [-0.4, -0.2) is 18.0 Å². The first kappa shape index (κ1) is 16.6. The zero-order valence-corrected chi connectivity index (χ0v) is 15.0. The number of hydrogen-bond donors (Lipinski definition) is 1. The summed E-state index contributed by atoms with van der Waals surface area (Å²) in [5, 5.41) is 2.83. The van der Waals surface area contributed by atoms with E-state index in [0.29, 0.717) is 11.8 Å². The second-order valence-corrected chi connectivity index (χ2v) is 8.39. The van der Waals surface area contributed by atoms with E-state index in [1.165, 1.54) is 32.1 Å². The summed E-state index contributed by atoms with van der Waals surface area (Å²) in [5.41, 5.74) is 1.87. The van der Waals surface area contributed by atoms with Gasteiger partial charge in [-0.15, -0.1) is 0 Å². The third-order valence-corrected chi connectivity index (χ3v) is 6.48. The highest BCUT2D eigenvalue weighted by atomic mass is 16.5. The van der Waals surface area contributed by atoms with E-state index >= 15 is 0 Å². The Balaban J connectivity index is 1.35. The number of rotatable bonds is 4. The summed E-state index contributed by atoms with van der Waals surface area (Å²) >= 11 is 0. The number of esters is 1. The normalized spacial score (nSPS) is 33.8. The Labute approximate surface area is 149 Å². The Morgan fingerprint density at radius 2 is 1.56 bits per heavy atom.